The van der Waals surface area contributed by atoms with Gasteiger partial charge in [0.15, 0.2) is 0 Å². The van der Waals surface area contributed by atoms with Crippen LogP contribution >= 0.6 is 0 Å². The van der Waals surface area contributed by atoms with E-state index in [1.165, 1.54) is 31.4 Å². The van der Waals surface area contributed by atoms with Crippen molar-refractivity contribution < 1.29 is 9.32 Å². The molecule has 1 aliphatic heterocycles. The van der Waals surface area contributed by atoms with Gasteiger partial charge in [0.1, 0.15) is 6.26 Å². The number of nitrogens with one attached hydrogen (secondary N) is 1. The molecule has 6 rings (SSSR count). The Morgan fingerprint density at radius 2 is 1.74 bits per heavy atom. The van der Waals surface area contributed by atoms with Crippen LogP contribution < -0.4 is 5.32 Å². The van der Waals surface area contributed by atoms with E-state index in [2.05, 4.69) is 44.6 Å². The summed E-state index contributed by atoms with van der Waals surface area (Å²) in [6.07, 6.45) is 11.6. The van der Waals surface area contributed by atoms with Gasteiger partial charge in [0, 0.05) is 34.7 Å². The van der Waals surface area contributed by atoms with Gasteiger partial charge in [0.2, 0.25) is 0 Å². The highest BCUT2D eigenvalue weighted by molar-refractivity contribution is 6.06. The molecule has 0 spiro atoms. The fourth-order valence-corrected chi connectivity index (χ4v) is 6.33. The van der Waals surface area contributed by atoms with Gasteiger partial charge in [-0.15, -0.1) is 0 Å². The van der Waals surface area contributed by atoms with Gasteiger partial charge < -0.3 is 14.7 Å². The van der Waals surface area contributed by atoms with Crippen molar-refractivity contribution in [2.45, 2.75) is 56.9 Å². The number of hydrogen-bond donors (Lipinski definition) is 1. The number of carbonyl (C=O) groups is 1. The number of nitrogens with zero attached hydrogens (tertiary/aromatic N) is 3. The lowest BCUT2D eigenvalue weighted by atomic mass is 9.83. The highest BCUT2D eigenvalue weighted by atomic mass is 16.5. The van der Waals surface area contributed by atoms with Crippen LogP contribution in [0.3, 0.4) is 0 Å². The molecule has 0 radical (unpaired) electrons. The van der Waals surface area contributed by atoms with Gasteiger partial charge in [-0.1, -0.05) is 47.6 Å². The first-order valence-electron chi connectivity index (χ1n) is 14.1. The molecule has 2 aromatic carbocycles. The highest BCUT2D eigenvalue weighted by Gasteiger charge is 2.27. The molecule has 1 N–H and O–H groups in total. The first-order chi connectivity index (χ1) is 18.7. The van der Waals surface area contributed by atoms with Crippen molar-refractivity contribution in [1.29, 1.82) is 0 Å². The van der Waals surface area contributed by atoms with Crippen LogP contribution in [-0.2, 0) is 0 Å². The van der Waals surface area contributed by atoms with E-state index >= 15 is 0 Å². The first kappa shape index (κ1) is 24.8. The van der Waals surface area contributed by atoms with E-state index in [4.69, 9.17) is 4.52 Å². The van der Waals surface area contributed by atoms with E-state index in [1.54, 1.807) is 12.5 Å². The molecule has 2 aliphatic rings. The smallest absolute Gasteiger partial charge is 0.252 e. The molecule has 2 aromatic heterocycles. The molecule has 1 saturated carbocycles. The standard InChI is InChI=1S/C32H36N4O2/c37-32(28-8-4-10-30-27(28)9-5-18-33-30)34-26-13-11-23(12-14-26)15-19-36-20-16-25(17-21-36)31-29(22-38-35-31)24-6-2-1-3-7-24/h1-10,18,22-23,25-26H,11-17,19-21H2,(H,34,37)/t23-,26-. The quantitative estimate of drug-likeness (QED) is 0.311. The summed E-state index contributed by atoms with van der Waals surface area (Å²) < 4.78 is 5.39. The van der Waals surface area contributed by atoms with Crippen molar-refractivity contribution in [1.82, 2.24) is 20.4 Å². The number of hydrogen-bond acceptors (Lipinski definition) is 5. The fraction of sp³-hybridized carbons (Fsp3) is 0.406. The second kappa shape index (κ2) is 11.5. The van der Waals surface area contributed by atoms with E-state index in [0.717, 1.165) is 72.4 Å². The maximum absolute atomic E-state index is 13.0. The molecule has 1 amide bonds. The summed E-state index contributed by atoms with van der Waals surface area (Å²) in [7, 11) is 0. The molecule has 2 fully saturated rings. The molecule has 0 atom stereocenters. The van der Waals surface area contributed by atoms with E-state index in [1.807, 2.05) is 36.4 Å². The van der Waals surface area contributed by atoms with Crippen LogP contribution in [0.5, 0.6) is 0 Å². The van der Waals surface area contributed by atoms with Crippen LogP contribution in [0, 0.1) is 5.92 Å². The summed E-state index contributed by atoms with van der Waals surface area (Å²) in [6.45, 7) is 3.41. The molecule has 4 aromatic rings. The van der Waals surface area contributed by atoms with Gasteiger partial charge >= 0.3 is 0 Å². The fourth-order valence-electron chi connectivity index (χ4n) is 6.33. The summed E-state index contributed by atoms with van der Waals surface area (Å²) in [6, 6.07) is 20.3. The highest BCUT2D eigenvalue weighted by Crippen LogP contribution is 2.35. The molecule has 6 nitrogen and oxygen atoms in total. The van der Waals surface area contributed by atoms with Crippen LogP contribution in [0.15, 0.2) is 77.6 Å². The molecule has 0 bridgehead atoms. The number of carbonyl (C=O) groups excluding carboxylic acids is 1. The summed E-state index contributed by atoms with van der Waals surface area (Å²) in [4.78, 5) is 20.0. The summed E-state index contributed by atoms with van der Waals surface area (Å²) >= 11 is 0. The Bertz CT molecular complexity index is 1350. The Hall–Kier alpha value is -3.51. The Balaban J connectivity index is 0.943. The molecular formula is C32H36N4O2. The maximum atomic E-state index is 13.0. The normalized spacial score (nSPS) is 20.9. The lowest BCUT2D eigenvalue weighted by Gasteiger charge is -2.34. The number of amides is 1. The van der Waals surface area contributed by atoms with Crippen LogP contribution in [0.1, 0.15) is 66.9 Å². The zero-order valence-corrected chi connectivity index (χ0v) is 21.9. The Labute approximate surface area is 224 Å². The molecule has 196 valence electrons. The zero-order valence-electron chi connectivity index (χ0n) is 21.9. The van der Waals surface area contributed by atoms with Gasteiger partial charge in [-0.2, -0.15) is 0 Å². The molecular weight excluding hydrogens is 472 g/mol. The summed E-state index contributed by atoms with van der Waals surface area (Å²) in [5, 5.41) is 8.61. The number of pyridine rings is 1. The third kappa shape index (κ3) is 5.51. The van der Waals surface area contributed by atoms with E-state index < -0.39 is 0 Å². The van der Waals surface area contributed by atoms with Gasteiger partial charge in [-0.3, -0.25) is 9.78 Å². The average Bonchev–Trinajstić information content (AvgIpc) is 3.47. The van der Waals surface area contributed by atoms with Gasteiger partial charge in [-0.25, -0.2) is 0 Å². The number of fused-ring (bicyclic) bond motifs is 1. The largest absolute Gasteiger partial charge is 0.364 e. The number of aromatic nitrogens is 2. The third-order valence-corrected chi connectivity index (χ3v) is 8.58. The minimum atomic E-state index is 0.0254. The average molecular weight is 509 g/mol. The molecule has 1 saturated heterocycles. The Morgan fingerprint density at radius 1 is 0.921 bits per heavy atom. The van der Waals surface area contributed by atoms with Gasteiger partial charge in [0.05, 0.1) is 11.2 Å². The SMILES string of the molecule is O=C(N[C@H]1CC[C@H](CCN2CCC(c3nocc3-c3ccccc3)CC2)CC1)c1cccc2ncccc12. The summed E-state index contributed by atoms with van der Waals surface area (Å²) in [5.74, 6) is 1.25. The van der Waals surface area contributed by atoms with E-state index in [0.29, 0.717) is 5.92 Å². The lowest BCUT2D eigenvalue weighted by Crippen LogP contribution is -2.38. The topological polar surface area (TPSA) is 71.3 Å². The van der Waals surface area contributed by atoms with E-state index in [9.17, 15) is 4.79 Å². The van der Waals surface area contributed by atoms with Crippen molar-refractivity contribution >= 4 is 16.8 Å². The van der Waals surface area contributed by atoms with Crippen LogP contribution in [-0.4, -0.2) is 46.6 Å². The number of benzene rings is 2. The first-order valence-corrected chi connectivity index (χ1v) is 14.1. The lowest BCUT2D eigenvalue weighted by molar-refractivity contribution is 0.0921. The van der Waals surface area contributed by atoms with Crippen LogP contribution in [0.25, 0.3) is 22.0 Å². The minimum Gasteiger partial charge on any atom is -0.364 e. The van der Waals surface area contributed by atoms with Crippen molar-refractivity contribution in [2.75, 3.05) is 19.6 Å². The predicted octanol–water partition coefficient (Wildman–Crippen LogP) is 6.45. The molecule has 0 unspecified atom stereocenters. The van der Waals surface area contributed by atoms with Crippen molar-refractivity contribution in [3.63, 3.8) is 0 Å². The number of piperidine rings is 1. The minimum absolute atomic E-state index is 0.0254. The molecule has 38 heavy (non-hydrogen) atoms. The number of rotatable bonds is 7. The monoisotopic (exact) mass is 508 g/mol. The van der Waals surface area contributed by atoms with Crippen molar-refractivity contribution in [2.24, 2.45) is 5.92 Å². The third-order valence-electron chi connectivity index (χ3n) is 8.58. The number of likely N-dealkylation sites (tertiary alicyclic amines) is 1. The van der Waals surface area contributed by atoms with Gasteiger partial charge in [-0.05, 0) is 94.3 Å². The van der Waals surface area contributed by atoms with Crippen molar-refractivity contribution in [3.8, 4) is 11.1 Å². The zero-order chi connectivity index (χ0) is 25.7. The Kier molecular flexibility index (Phi) is 7.49. The van der Waals surface area contributed by atoms with Gasteiger partial charge in [0.25, 0.3) is 5.91 Å². The second-order valence-electron chi connectivity index (χ2n) is 11.0. The molecule has 6 heteroatoms. The Morgan fingerprint density at radius 3 is 2.55 bits per heavy atom. The molecule has 1 aliphatic carbocycles. The summed E-state index contributed by atoms with van der Waals surface area (Å²) in [5.41, 5.74) is 5.04. The van der Waals surface area contributed by atoms with E-state index in [-0.39, 0.29) is 11.9 Å². The predicted molar refractivity (Wildman–Crippen MR) is 150 cm³/mol. The van der Waals surface area contributed by atoms with Crippen LogP contribution in [0.4, 0.5) is 0 Å². The second-order valence-corrected chi connectivity index (χ2v) is 11.0. The van der Waals surface area contributed by atoms with Crippen molar-refractivity contribution in [3.05, 3.63) is 84.4 Å². The maximum Gasteiger partial charge on any atom is 0.252 e. The van der Waals surface area contributed by atoms with Crippen LogP contribution in [0.2, 0.25) is 0 Å². The molecule has 3 heterocycles.